The van der Waals surface area contributed by atoms with Crippen molar-refractivity contribution in [1.82, 2.24) is 24.0 Å². The van der Waals surface area contributed by atoms with Crippen LogP contribution in [-0.4, -0.2) is 58.1 Å². The molecule has 10 nitrogen and oxygen atoms in total. The number of aromatic nitrogens is 3. The molecule has 0 radical (unpaired) electrons. The van der Waals surface area contributed by atoms with E-state index in [-0.39, 0.29) is 12.1 Å². The fourth-order valence-electron chi connectivity index (χ4n) is 5.92. The minimum absolute atomic E-state index is 0.270. The summed E-state index contributed by atoms with van der Waals surface area (Å²) < 4.78 is 29.5. The van der Waals surface area contributed by atoms with E-state index in [1.165, 1.54) is 4.31 Å². The second kappa shape index (κ2) is 9.22. The van der Waals surface area contributed by atoms with Gasteiger partial charge >= 0.3 is 0 Å². The zero-order chi connectivity index (χ0) is 27.5. The van der Waals surface area contributed by atoms with E-state index in [1.807, 2.05) is 37.6 Å². The van der Waals surface area contributed by atoms with Gasteiger partial charge in [-0.3, -0.25) is 9.48 Å². The maximum atomic E-state index is 13.1. The van der Waals surface area contributed by atoms with Crippen molar-refractivity contribution in [2.45, 2.75) is 81.4 Å². The predicted molar refractivity (Wildman–Crippen MR) is 147 cm³/mol. The molecule has 0 saturated heterocycles. The number of rotatable bonds is 5. The van der Waals surface area contributed by atoms with Crippen molar-refractivity contribution >= 4 is 32.4 Å². The molecule has 2 aromatic heterocycles. The summed E-state index contributed by atoms with van der Waals surface area (Å²) in [6, 6.07) is 9.78. The topological polar surface area (TPSA) is 127 Å². The number of hydrogen-bond donors (Lipinski definition) is 2. The van der Waals surface area contributed by atoms with Crippen molar-refractivity contribution in [1.29, 1.82) is 5.26 Å². The molecular formula is C27H35N7O3S. The molecule has 2 aliphatic rings. The van der Waals surface area contributed by atoms with Crippen molar-refractivity contribution in [3.63, 3.8) is 0 Å². The molecule has 0 unspecified atom stereocenters. The first-order valence-corrected chi connectivity index (χ1v) is 14.4. The van der Waals surface area contributed by atoms with E-state index >= 15 is 0 Å². The summed E-state index contributed by atoms with van der Waals surface area (Å²) in [5.74, 6) is 0.391. The molecule has 202 valence electrons. The Morgan fingerprint density at radius 3 is 2.58 bits per heavy atom. The highest BCUT2D eigenvalue weighted by Gasteiger charge is 2.42. The van der Waals surface area contributed by atoms with Crippen LogP contribution in [0.15, 0.2) is 40.2 Å². The van der Waals surface area contributed by atoms with Crippen LogP contribution in [0.2, 0.25) is 0 Å². The Hall–Kier alpha value is -3.20. The number of pyridine rings is 1. The van der Waals surface area contributed by atoms with Gasteiger partial charge in [0, 0.05) is 30.0 Å². The number of fused-ring (bicyclic) bond motifs is 2. The zero-order valence-electron chi connectivity index (χ0n) is 22.6. The van der Waals surface area contributed by atoms with E-state index in [4.69, 9.17) is 5.10 Å². The van der Waals surface area contributed by atoms with Crippen LogP contribution in [0, 0.1) is 11.3 Å². The lowest BCUT2D eigenvalue weighted by molar-refractivity contribution is 0.119. The first kappa shape index (κ1) is 26.4. The van der Waals surface area contributed by atoms with Gasteiger partial charge in [-0.05, 0) is 90.4 Å². The molecular weight excluding hydrogens is 502 g/mol. The lowest BCUT2D eigenvalue weighted by Crippen LogP contribution is -2.43. The van der Waals surface area contributed by atoms with E-state index in [2.05, 4.69) is 35.4 Å². The summed E-state index contributed by atoms with van der Waals surface area (Å²) in [5.41, 5.74) is 0.701. The molecule has 0 atom stereocenters. The van der Waals surface area contributed by atoms with E-state index in [0.29, 0.717) is 45.3 Å². The van der Waals surface area contributed by atoms with Gasteiger partial charge in [-0.2, -0.15) is 14.7 Å². The standard InChI is InChI=1S/C27H35N7O3S/c1-26(2,3)33-17-18-16-19(6-7-22(18)38(33,36)37)30-24-23-21(10-15-29-25(23)35)34(31-24)27(13-14-28)11-8-20(9-12-27)32(4)5/h6-7,10,15-16,20H,8-9,11-13,17H2,1-5H3,(H,29,35)(H,30,31)/t20-,27-. The Morgan fingerprint density at radius 1 is 1.24 bits per heavy atom. The van der Waals surface area contributed by atoms with Gasteiger partial charge < -0.3 is 15.2 Å². The van der Waals surface area contributed by atoms with E-state index < -0.39 is 21.1 Å². The third-order valence-corrected chi connectivity index (χ3v) is 10.2. The van der Waals surface area contributed by atoms with Crippen molar-refractivity contribution in [3.8, 4) is 6.07 Å². The first-order chi connectivity index (χ1) is 17.9. The number of nitriles is 1. The molecule has 1 aliphatic heterocycles. The monoisotopic (exact) mass is 537 g/mol. The van der Waals surface area contributed by atoms with Crippen LogP contribution < -0.4 is 10.9 Å². The quantitative estimate of drug-likeness (QED) is 0.506. The Morgan fingerprint density at radius 2 is 1.95 bits per heavy atom. The van der Waals surface area contributed by atoms with Crippen LogP contribution in [-0.2, 0) is 22.1 Å². The number of nitrogens with one attached hydrogen (secondary N) is 2. The number of sulfonamides is 1. The van der Waals surface area contributed by atoms with E-state index in [1.54, 1.807) is 18.3 Å². The Balaban J connectivity index is 1.55. The largest absolute Gasteiger partial charge is 0.338 e. The van der Waals surface area contributed by atoms with Crippen molar-refractivity contribution < 1.29 is 8.42 Å². The SMILES string of the molecule is CN(C)[C@H]1CC[C@](CC#N)(n2nc(Nc3ccc4c(c3)CN(C(C)(C)C)S4(=O)=O)c3c(=O)[nH]ccc32)CC1. The van der Waals surface area contributed by atoms with Crippen molar-refractivity contribution in [2.24, 2.45) is 0 Å². The second-order valence-corrected chi connectivity index (χ2v) is 13.5. The summed E-state index contributed by atoms with van der Waals surface area (Å²) in [4.78, 5) is 18.3. The van der Waals surface area contributed by atoms with Gasteiger partial charge in [0.25, 0.3) is 5.56 Å². The number of hydrogen-bond acceptors (Lipinski definition) is 7. The molecule has 0 bridgehead atoms. The van der Waals surface area contributed by atoms with Crippen molar-refractivity contribution in [2.75, 3.05) is 19.4 Å². The Kier molecular flexibility index (Phi) is 6.41. The van der Waals surface area contributed by atoms with Gasteiger partial charge in [-0.25, -0.2) is 8.42 Å². The second-order valence-electron chi connectivity index (χ2n) is 11.7. The zero-order valence-corrected chi connectivity index (χ0v) is 23.4. The maximum Gasteiger partial charge on any atom is 0.261 e. The van der Waals surface area contributed by atoms with Crippen LogP contribution in [0.3, 0.4) is 0 Å². The average Bonchev–Trinajstić information content (AvgIpc) is 3.35. The van der Waals surface area contributed by atoms with Crippen molar-refractivity contribution in [3.05, 3.63) is 46.4 Å². The van der Waals surface area contributed by atoms with Gasteiger partial charge in [0.05, 0.1) is 28.4 Å². The molecule has 1 fully saturated rings. The van der Waals surface area contributed by atoms with Gasteiger partial charge in [-0.15, -0.1) is 0 Å². The highest BCUT2D eigenvalue weighted by molar-refractivity contribution is 7.89. The summed E-state index contributed by atoms with van der Waals surface area (Å²) >= 11 is 0. The number of aromatic amines is 1. The molecule has 11 heteroatoms. The molecule has 0 spiro atoms. The number of anilines is 2. The molecule has 1 saturated carbocycles. The molecule has 5 rings (SSSR count). The molecule has 1 aromatic carbocycles. The smallest absolute Gasteiger partial charge is 0.261 e. The average molecular weight is 538 g/mol. The summed E-state index contributed by atoms with van der Waals surface area (Å²) in [6.45, 7) is 5.92. The van der Waals surface area contributed by atoms with Gasteiger partial charge in [0.1, 0.15) is 5.39 Å². The highest BCUT2D eigenvalue weighted by Crippen LogP contribution is 2.42. The molecule has 1 aliphatic carbocycles. The van der Waals surface area contributed by atoms with Gasteiger partial charge in [-0.1, -0.05) is 0 Å². The Labute approximate surface area is 223 Å². The van der Waals surface area contributed by atoms with Crippen LogP contribution in [0.1, 0.15) is 58.4 Å². The summed E-state index contributed by atoms with van der Waals surface area (Å²) in [5, 5.41) is 18.4. The summed E-state index contributed by atoms with van der Waals surface area (Å²) in [6.07, 6.45) is 5.35. The normalized spacial score (nSPS) is 23.4. The first-order valence-electron chi connectivity index (χ1n) is 12.9. The number of benzene rings is 1. The minimum atomic E-state index is -3.57. The van der Waals surface area contributed by atoms with E-state index in [0.717, 1.165) is 25.7 Å². The fraction of sp³-hybridized carbons (Fsp3) is 0.519. The lowest BCUT2D eigenvalue weighted by Gasteiger charge is -2.41. The molecule has 0 amide bonds. The molecule has 38 heavy (non-hydrogen) atoms. The van der Waals surface area contributed by atoms with Gasteiger partial charge in [0.15, 0.2) is 5.82 Å². The third-order valence-electron chi connectivity index (χ3n) is 8.03. The molecule has 3 aromatic rings. The van der Waals surface area contributed by atoms with Crippen LogP contribution in [0.4, 0.5) is 11.5 Å². The summed E-state index contributed by atoms with van der Waals surface area (Å²) in [7, 11) is 0.584. The Bertz CT molecular complexity index is 1580. The maximum absolute atomic E-state index is 13.1. The number of H-pyrrole nitrogens is 1. The van der Waals surface area contributed by atoms with Crippen LogP contribution >= 0.6 is 0 Å². The number of nitrogens with zero attached hydrogens (tertiary/aromatic N) is 5. The minimum Gasteiger partial charge on any atom is -0.338 e. The molecule has 3 heterocycles. The molecule has 2 N–H and O–H groups in total. The fourth-order valence-corrected chi connectivity index (χ4v) is 7.88. The highest BCUT2D eigenvalue weighted by atomic mass is 32.2. The lowest BCUT2D eigenvalue weighted by atomic mass is 9.77. The van der Waals surface area contributed by atoms with Gasteiger partial charge in [0.2, 0.25) is 10.0 Å². The van der Waals surface area contributed by atoms with Crippen LogP contribution in [0.5, 0.6) is 0 Å². The predicted octanol–water partition coefficient (Wildman–Crippen LogP) is 3.88. The van der Waals surface area contributed by atoms with Crippen LogP contribution in [0.25, 0.3) is 10.9 Å². The third kappa shape index (κ3) is 4.30. The van der Waals surface area contributed by atoms with E-state index in [9.17, 15) is 18.5 Å².